The van der Waals surface area contributed by atoms with Crippen LogP contribution in [-0.4, -0.2) is 17.0 Å². The summed E-state index contributed by atoms with van der Waals surface area (Å²) in [6.07, 6.45) is 0. The molecule has 128 valence electrons. The van der Waals surface area contributed by atoms with Gasteiger partial charge in [0.1, 0.15) is 16.4 Å². The molecule has 0 amide bonds. The van der Waals surface area contributed by atoms with Crippen LogP contribution in [0.3, 0.4) is 0 Å². The number of nitro groups is 1. The maximum absolute atomic E-state index is 10.7. The predicted octanol–water partition coefficient (Wildman–Crippen LogP) is 4.60. The highest BCUT2D eigenvalue weighted by molar-refractivity contribution is 8.00. The van der Waals surface area contributed by atoms with Crippen LogP contribution in [0.1, 0.15) is 5.56 Å². The Labute approximate surface area is 152 Å². The number of nitrogen functional groups attached to an aromatic ring is 1. The number of hydrogen-bond donors (Lipinski definition) is 1. The number of rotatable bonds is 6. The molecule has 3 rings (SSSR count). The summed E-state index contributed by atoms with van der Waals surface area (Å²) >= 11 is 2.99. The molecule has 0 saturated carbocycles. The number of non-ortho nitro benzene ring substituents is 1. The third kappa shape index (κ3) is 4.09. The van der Waals surface area contributed by atoms with Crippen molar-refractivity contribution >= 4 is 33.8 Å². The Kier molecular flexibility index (Phi) is 5.20. The average Bonchev–Trinajstić information content (AvgIpc) is 3.01. The minimum atomic E-state index is -0.403. The lowest BCUT2D eigenvalue weighted by molar-refractivity contribution is -0.384. The van der Waals surface area contributed by atoms with Gasteiger partial charge in [0.15, 0.2) is 4.34 Å². The summed E-state index contributed by atoms with van der Waals surface area (Å²) in [7, 11) is 1.62. The van der Waals surface area contributed by atoms with Crippen molar-refractivity contribution in [1.82, 2.24) is 4.98 Å². The zero-order valence-electron chi connectivity index (χ0n) is 13.3. The highest BCUT2D eigenvalue weighted by atomic mass is 32.2. The van der Waals surface area contributed by atoms with E-state index in [1.165, 1.54) is 23.5 Å². The number of benzene rings is 2. The summed E-state index contributed by atoms with van der Waals surface area (Å²) in [4.78, 5) is 14.9. The van der Waals surface area contributed by atoms with Crippen molar-refractivity contribution in [1.29, 1.82) is 0 Å². The summed E-state index contributed by atoms with van der Waals surface area (Å²) in [5, 5.41) is 11.3. The fraction of sp³-hybridized carbons (Fsp3) is 0.118. The monoisotopic (exact) mass is 373 g/mol. The maximum Gasteiger partial charge on any atom is 0.269 e. The third-order valence-electron chi connectivity index (χ3n) is 3.51. The van der Waals surface area contributed by atoms with E-state index in [2.05, 4.69) is 4.98 Å². The number of nitrogens with zero attached hydrogens (tertiary/aromatic N) is 2. The Bertz CT molecular complexity index is 877. The summed E-state index contributed by atoms with van der Waals surface area (Å²) in [5.41, 5.74) is 8.89. The van der Waals surface area contributed by atoms with Crippen LogP contribution in [0.25, 0.3) is 11.3 Å². The first-order valence-corrected chi connectivity index (χ1v) is 9.14. The summed E-state index contributed by atoms with van der Waals surface area (Å²) in [6.45, 7) is 0. The first-order chi connectivity index (χ1) is 12.1. The van der Waals surface area contributed by atoms with Crippen molar-refractivity contribution in [3.05, 3.63) is 64.2 Å². The van der Waals surface area contributed by atoms with Crippen molar-refractivity contribution in [2.75, 3.05) is 12.8 Å². The molecule has 25 heavy (non-hydrogen) atoms. The molecule has 0 radical (unpaired) electrons. The normalized spacial score (nSPS) is 10.6. The van der Waals surface area contributed by atoms with Gasteiger partial charge in [0.2, 0.25) is 0 Å². The second-order valence-corrected chi connectivity index (χ2v) is 7.39. The lowest BCUT2D eigenvalue weighted by Gasteiger charge is -2.01. The Hall–Kier alpha value is -2.58. The van der Waals surface area contributed by atoms with E-state index in [0.717, 1.165) is 26.9 Å². The third-order valence-corrected chi connectivity index (χ3v) is 5.61. The van der Waals surface area contributed by atoms with Crippen LogP contribution in [0, 0.1) is 10.1 Å². The number of aromatic nitrogens is 1. The minimum Gasteiger partial charge on any atom is -0.497 e. The lowest BCUT2D eigenvalue weighted by Crippen LogP contribution is -1.88. The van der Waals surface area contributed by atoms with Crippen molar-refractivity contribution in [2.24, 2.45) is 0 Å². The van der Waals surface area contributed by atoms with Crippen molar-refractivity contribution in [2.45, 2.75) is 10.1 Å². The molecule has 0 saturated heterocycles. The van der Waals surface area contributed by atoms with Gasteiger partial charge < -0.3 is 10.5 Å². The maximum atomic E-state index is 10.7. The molecule has 2 aromatic carbocycles. The molecule has 0 aliphatic rings. The van der Waals surface area contributed by atoms with E-state index in [1.807, 2.05) is 24.3 Å². The molecule has 1 heterocycles. The number of nitro benzene ring substituents is 1. The molecule has 6 nitrogen and oxygen atoms in total. The Morgan fingerprint density at radius 1 is 1.20 bits per heavy atom. The molecular formula is C17H15N3O3S2. The van der Waals surface area contributed by atoms with Crippen molar-refractivity contribution in [3.8, 4) is 17.0 Å². The van der Waals surface area contributed by atoms with E-state index in [-0.39, 0.29) is 5.69 Å². The van der Waals surface area contributed by atoms with Gasteiger partial charge in [0.25, 0.3) is 5.69 Å². The van der Waals surface area contributed by atoms with E-state index >= 15 is 0 Å². The zero-order chi connectivity index (χ0) is 17.8. The number of ether oxygens (including phenoxy) is 1. The topological polar surface area (TPSA) is 91.3 Å². The second kappa shape index (κ2) is 7.54. The Morgan fingerprint density at radius 2 is 1.88 bits per heavy atom. The van der Waals surface area contributed by atoms with Crippen LogP contribution in [0.5, 0.6) is 5.75 Å². The van der Waals surface area contributed by atoms with Gasteiger partial charge in [-0.1, -0.05) is 35.2 Å². The number of nitrogens with two attached hydrogens (primary N) is 1. The highest BCUT2D eigenvalue weighted by Crippen LogP contribution is 2.37. The van der Waals surface area contributed by atoms with Crippen molar-refractivity contribution in [3.63, 3.8) is 0 Å². The standard InChI is InChI=1S/C17H15N3O3S2/c1-23-14-8-4-12(5-9-14)15-16(18)25-17(19-15)24-10-11-2-6-13(7-3-11)20(21)22/h2-9H,10,18H2,1H3. The molecule has 8 heteroatoms. The minimum absolute atomic E-state index is 0.0917. The first-order valence-electron chi connectivity index (χ1n) is 7.33. The van der Waals surface area contributed by atoms with E-state index in [9.17, 15) is 10.1 Å². The molecule has 3 aromatic rings. The van der Waals surface area contributed by atoms with E-state index < -0.39 is 4.92 Å². The molecule has 0 aliphatic heterocycles. The molecule has 0 atom stereocenters. The first kappa shape index (κ1) is 17.2. The van der Waals surface area contributed by atoms with E-state index in [0.29, 0.717) is 10.8 Å². The summed E-state index contributed by atoms with van der Waals surface area (Å²) < 4.78 is 6.02. The molecule has 0 aliphatic carbocycles. The fourth-order valence-corrected chi connectivity index (χ4v) is 4.09. The van der Waals surface area contributed by atoms with Crippen LogP contribution in [0.4, 0.5) is 10.7 Å². The smallest absolute Gasteiger partial charge is 0.269 e. The van der Waals surface area contributed by atoms with Gasteiger partial charge in [-0.2, -0.15) is 0 Å². The Morgan fingerprint density at radius 3 is 2.48 bits per heavy atom. The molecule has 0 fully saturated rings. The number of hydrogen-bond acceptors (Lipinski definition) is 7. The molecule has 0 spiro atoms. The predicted molar refractivity (Wildman–Crippen MR) is 101 cm³/mol. The van der Waals surface area contributed by atoms with Gasteiger partial charge in [-0.05, 0) is 29.8 Å². The molecule has 1 aromatic heterocycles. The van der Waals surface area contributed by atoms with Crippen LogP contribution in [0.2, 0.25) is 0 Å². The van der Waals surface area contributed by atoms with Crippen LogP contribution < -0.4 is 10.5 Å². The molecule has 0 unspecified atom stereocenters. The number of thiazole rings is 1. The van der Waals surface area contributed by atoms with Crippen LogP contribution in [0.15, 0.2) is 52.9 Å². The quantitative estimate of drug-likeness (QED) is 0.386. The van der Waals surface area contributed by atoms with E-state index in [1.54, 1.807) is 31.0 Å². The molecule has 2 N–H and O–H groups in total. The Balaban J connectivity index is 1.70. The largest absolute Gasteiger partial charge is 0.497 e. The van der Waals surface area contributed by atoms with Crippen LogP contribution >= 0.6 is 23.1 Å². The van der Waals surface area contributed by atoms with Gasteiger partial charge in [-0.15, -0.1) is 0 Å². The summed E-state index contributed by atoms with van der Waals surface area (Å²) in [6, 6.07) is 14.1. The SMILES string of the molecule is COc1ccc(-c2nc(SCc3ccc([N+](=O)[O-])cc3)sc2N)cc1. The highest BCUT2D eigenvalue weighted by Gasteiger charge is 2.12. The van der Waals surface area contributed by atoms with Gasteiger partial charge in [-0.3, -0.25) is 10.1 Å². The molecule has 0 bridgehead atoms. The van der Waals surface area contributed by atoms with Crippen molar-refractivity contribution < 1.29 is 9.66 Å². The fourth-order valence-electron chi connectivity index (χ4n) is 2.19. The second-order valence-electron chi connectivity index (χ2n) is 5.13. The average molecular weight is 373 g/mol. The van der Waals surface area contributed by atoms with Gasteiger partial charge in [0.05, 0.1) is 12.0 Å². The lowest BCUT2D eigenvalue weighted by atomic mass is 10.1. The zero-order valence-corrected chi connectivity index (χ0v) is 15.0. The van der Waals surface area contributed by atoms with E-state index in [4.69, 9.17) is 10.5 Å². The number of anilines is 1. The van der Waals surface area contributed by atoms with Gasteiger partial charge in [-0.25, -0.2) is 4.98 Å². The van der Waals surface area contributed by atoms with Crippen LogP contribution in [-0.2, 0) is 5.75 Å². The summed E-state index contributed by atoms with van der Waals surface area (Å²) in [5.74, 6) is 1.46. The molecular weight excluding hydrogens is 358 g/mol. The van der Waals surface area contributed by atoms with Gasteiger partial charge in [0, 0.05) is 23.4 Å². The number of methoxy groups -OCH3 is 1. The number of thioether (sulfide) groups is 1. The van der Waals surface area contributed by atoms with Gasteiger partial charge >= 0.3 is 0 Å².